The van der Waals surface area contributed by atoms with Crippen LogP contribution in [0, 0.1) is 28.5 Å². The molecular formula is C32H17FN4. The van der Waals surface area contributed by atoms with E-state index < -0.39 is 0 Å². The van der Waals surface area contributed by atoms with Gasteiger partial charge in [-0.2, -0.15) is 10.5 Å². The molecule has 0 aliphatic heterocycles. The van der Waals surface area contributed by atoms with Crippen LogP contribution >= 0.6 is 0 Å². The smallest absolute Gasteiger partial charge is 0.123 e. The monoisotopic (exact) mass is 476 g/mol. The average Bonchev–Trinajstić information content (AvgIpc) is 3.44. The molecule has 0 unspecified atom stereocenters. The Hall–Kier alpha value is -5.39. The first-order valence-corrected chi connectivity index (χ1v) is 11.9. The summed E-state index contributed by atoms with van der Waals surface area (Å²) in [5.41, 5.74) is 6.18. The summed E-state index contributed by atoms with van der Waals surface area (Å²) in [7, 11) is 0. The molecule has 7 rings (SSSR count). The minimum Gasteiger partial charge on any atom is -0.309 e. The van der Waals surface area contributed by atoms with Crippen LogP contribution < -0.4 is 0 Å². The average molecular weight is 477 g/mol. The van der Waals surface area contributed by atoms with Crippen molar-refractivity contribution in [2.45, 2.75) is 0 Å². The van der Waals surface area contributed by atoms with Gasteiger partial charge in [-0.3, -0.25) is 0 Å². The molecule has 37 heavy (non-hydrogen) atoms. The van der Waals surface area contributed by atoms with Crippen LogP contribution in [0.5, 0.6) is 0 Å². The molecule has 0 spiro atoms. The zero-order valence-electron chi connectivity index (χ0n) is 19.5. The number of hydrogen-bond donors (Lipinski definition) is 0. The van der Waals surface area contributed by atoms with E-state index in [4.69, 9.17) is 0 Å². The largest absolute Gasteiger partial charge is 0.309 e. The summed E-state index contributed by atoms with van der Waals surface area (Å²) < 4.78 is 18.0. The molecule has 0 saturated carbocycles. The van der Waals surface area contributed by atoms with E-state index in [1.807, 2.05) is 34.9 Å². The zero-order valence-corrected chi connectivity index (χ0v) is 19.5. The van der Waals surface area contributed by atoms with Crippen LogP contribution in [0.2, 0.25) is 0 Å². The van der Waals surface area contributed by atoms with E-state index in [1.165, 1.54) is 12.1 Å². The molecule has 0 atom stereocenters. The maximum atomic E-state index is 13.8. The summed E-state index contributed by atoms with van der Waals surface area (Å²) in [6.45, 7) is 0. The lowest BCUT2D eigenvalue weighted by Gasteiger charge is -2.12. The second-order valence-corrected chi connectivity index (χ2v) is 8.99. The van der Waals surface area contributed by atoms with Gasteiger partial charge in [-0.25, -0.2) is 4.39 Å². The maximum Gasteiger partial charge on any atom is 0.123 e. The Balaban J connectivity index is 1.70. The van der Waals surface area contributed by atoms with Gasteiger partial charge in [0.1, 0.15) is 18.0 Å². The standard InChI is InChI=1S/C32H17FN4/c33-22-12-14-23(15-13-22)36-28-10-3-1-8-24(28)26-17-31-27(16-30(26)36)25-9-2-4-11-29(25)37(31)32-20(18-34)6-5-7-21(32)19-35/h1-17H. The van der Waals surface area contributed by atoms with Crippen LogP contribution in [-0.4, -0.2) is 9.13 Å². The summed E-state index contributed by atoms with van der Waals surface area (Å²) in [6, 6.07) is 36.8. The number of benzene rings is 5. The van der Waals surface area contributed by atoms with Crippen molar-refractivity contribution in [3.63, 3.8) is 0 Å². The molecule has 0 N–H and O–H groups in total. The van der Waals surface area contributed by atoms with Crippen molar-refractivity contribution in [2.24, 2.45) is 0 Å². The lowest BCUT2D eigenvalue weighted by molar-refractivity contribution is 0.627. The molecular weight excluding hydrogens is 459 g/mol. The lowest BCUT2D eigenvalue weighted by Crippen LogP contribution is -2.01. The van der Waals surface area contributed by atoms with Gasteiger partial charge in [0.15, 0.2) is 0 Å². The zero-order chi connectivity index (χ0) is 25.1. The van der Waals surface area contributed by atoms with Gasteiger partial charge in [0.05, 0.1) is 38.9 Å². The minimum atomic E-state index is -0.278. The van der Waals surface area contributed by atoms with Gasteiger partial charge in [-0.05, 0) is 60.7 Å². The van der Waals surface area contributed by atoms with E-state index >= 15 is 0 Å². The van der Waals surface area contributed by atoms with Crippen LogP contribution in [0.15, 0.2) is 103 Å². The molecule has 0 amide bonds. The fraction of sp³-hybridized carbons (Fsp3) is 0. The summed E-state index contributed by atoms with van der Waals surface area (Å²) in [4.78, 5) is 0. The highest BCUT2D eigenvalue weighted by Gasteiger charge is 2.21. The molecule has 0 saturated heterocycles. The topological polar surface area (TPSA) is 57.4 Å². The van der Waals surface area contributed by atoms with Crippen LogP contribution in [-0.2, 0) is 0 Å². The molecule has 0 bridgehead atoms. The highest BCUT2D eigenvalue weighted by molar-refractivity contribution is 6.19. The number of fused-ring (bicyclic) bond motifs is 6. The first kappa shape index (κ1) is 20.9. The van der Waals surface area contributed by atoms with Crippen molar-refractivity contribution in [3.8, 4) is 23.5 Å². The number of aromatic nitrogens is 2. The highest BCUT2D eigenvalue weighted by atomic mass is 19.1. The van der Waals surface area contributed by atoms with Crippen molar-refractivity contribution in [2.75, 3.05) is 0 Å². The number of halogens is 1. The van der Waals surface area contributed by atoms with E-state index in [9.17, 15) is 14.9 Å². The molecule has 172 valence electrons. The summed E-state index contributed by atoms with van der Waals surface area (Å²) in [6.07, 6.45) is 0. The van der Waals surface area contributed by atoms with Crippen molar-refractivity contribution < 1.29 is 4.39 Å². The fourth-order valence-electron chi connectivity index (χ4n) is 5.50. The molecule has 0 aliphatic carbocycles. The second-order valence-electron chi connectivity index (χ2n) is 8.99. The maximum absolute atomic E-state index is 13.8. The summed E-state index contributed by atoms with van der Waals surface area (Å²) in [5.74, 6) is -0.278. The van der Waals surface area contributed by atoms with Gasteiger partial charge >= 0.3 is 0 Å². The lowest BCUT2D eigenvalue weighted by atomic mass is 10.1. The van der Waals surface area contributed by atoms with Crippen LogP contribution in [0.3, 0.4) is 0 Å². The van der Waals surface area contributed by atoms with Crippen LogP contribution in [0.1, 0.15) is 11.1 Å². The first-order chi connectivity index (χ1) is 18.2. The van der Waals surface area contributed by atoms with Crippen molar-refractivity contribution in [1.82, 2.24) is 9.13 Å². The number of para-hydroxylation sites is 3. The fourth-order valence-corrected chi connectivity index (χ4v) is 5.50. The van der Waals surface area contributed by atoms with Crippen molar-refractivity contribution in [3.05, 3.63) is 120 Å². The SMILES string of the molecule is N#Cc1cccc(C#N)c1-n1c2ccccc2c2cc3c(cc21)c1ccccc1n3-c1ccc(F)cc1. The predicted octanol–water partition coefficient (Wildman–Crippen LogP) is 7.76. The Kier molecular flexibility index (Phi) is 4.42. The molecule has 4 nitrogen and oxygen atoms in total. The van der Waals surface area contributed by atoms with Gasteiger partial charge in [0.25, 0.3) is 0 Å². The Morgan fingerprint density at radius 3 is 1.59 bits per heavy atom. The number of hydrogen-bond acceptors (Lipinski definition) is 2. The molecule has 2 heterocycles. The Bertz CT molecular complexity index is 2080. The quantitative estimate of drug-likeness (QED) is 0.256. The van der Waals surface area contributed by atoms with E-state index in [2.05, 4.69) is 47.0 Å². The molecule has 0 radical (unpaired) electrons. The molecule has 2 aromatic heterocycles. The molecule has 0 fully saturated rings. The van der Waals surface area contributed by atoms with Gasteiger partial charge < -0.3 is 9.13 Å². The third kappa shape index (κ3) is 2.92. The highest BCUT2D eigenvalue weighted by Crippen LogP contribution is 2.40. The summed E-state index contributed by atoms with van der Waals surface area (Å²) in [5, 5.41) is 24.0. The van der Waals surface area contributed by atoms with Gasteiger partial charge in [-0.15, -0.1) is 0 Å². The second kappa shape index (κ2) is 7.81. The van der Waals surface area contributed by atoms with Gasteiger partial charge in [0, 0.05) is 27.2 Å². The van der Waals surface area contributed by atoms with E-state index in [0.717, 1.165) is 49.3 Å². The number of nitrogens with zero attached hydrogens (tertiary/aromatic N) is 4. The van der Waals surface area contributed by atoms with E-state index in [0.29, 0.717) is 16.8 Å². The Labute approximate surface area is 211 Å². The normalized spacial score (nSPS) is 11.3. The molecule has 5 aromatic carbocycles. The first-order valence-electron chi connectivity index (χ1n) is 11.9. The molecule has 7 aromatic rings. The number of nitriles is 2. The van der Waals surface area contributed by atoms with Gasteiger partial charge in [-0.1, -0.05) is 42.5 Å². The van der Waals surface area contributed by atoms with E-state index in [1.54, 1.807) is 30.3 Å². The third-order valence-corrected chi connectivity index (χ3v) is 7.05. The van der Waals surface area contributed by atoms with E-state index in [-0.39, 0.29) is 5.82 Å². The van der Waals surface area contributed by atoms with Gasteiger partial charge in [0.2, 0.25) is 0 Å². The summed E-state index contributed by atoms with van der Waals surface area (Å²) >= 11 is 0. The third-order valence-electron chi connectivity index (χ3n) is 7.05. The van der Waals surface area contributed by atoms with Crippen LogP contribution in [0.25, 0.3) is 55.0 Å². The minimum absolute atomic E-state index is 0.278. The number of rotatable bonds is 2. The van der Waals surface area contributed by atoms with Crippen molar-refractivity contribution >= 4 is 43.6 Å². The Morgan fingerprint density at radius 2 is 1.03 bits per heavy atom. The van der Waals surface area contributed by atoms with Crippen LogP contribution in [0.4, 0.5) is 4.39 Å². The Morgan fingerprint density at radius 1 is 0.514 bits per heavy atom. The van der Waals surface area contributed by atoms with Crippen molar-refractivity contribution in [1.29, 1.82) is 10.5 Å². The molecule has 5 heteroatoms. The molecule has 0 aliphatic rings. The predicted molar refractivity (Wildman–Crippen MR) is 145 cm³/mol.